The number of halogens is 1. The number of phenolic OH excluding ortho intramolecular Hbond substituents is 1. The Labute approximate surface area is 153 Å². The first kappa shape index (κ1) is 17.2. The zero-order valence-electron chi connectivity index (χ0n) is 13.2. The Morgan fingerprint density at radius 3 is 2.80 bits per heavy atom. The summed E-state index contributed by atoms with van der Waals surface area (Å²) >= 11 is 7.26. The quantitative estimate of drug-likeness (QED) is 0.666. The summed E-state index contributed by atoms with van der Waals surface area (Å²) in [6.07, 6.45) is 0. The van der Waals surface area contributed by atoms with Crippen molar-refractivity contribution >= 4 is 35.0 Å². The largest absolute Gasteiger partial charge is 0.508 e. The van der Waals surface area contributed by atoms with Crippen LogP contribution in [0.25, 0.3) is 5.69 Å². The molecule has 1 amide bonds. The van der Waals surface area contributed by atoms with Gasteiger partial charge in [-0.2, -0.15) is 4.68 Å². The van der Waals surface area contributed by atoms with Crippen molar-refractivity contribution in [2.75, 3.05) is 11.1 Å². The van der Waals surface area contributed by atoms with Gasteiger partial charge >= 0.3 is 0 Å². The van der Waals surface area contributed by atoms with E-state index in [1.165, 1.54) is 16.4 Å². The lowest BCUT2D eigenvalue weighted by Gasteiger charge is -2.09. The van der Waals surface area contributed by atoms with Gasteiger partial charge in [-0.15, -0.1) is 5.10 Å². The molecule has 0 radical (unpaired) electrons. The first-order valence-electron chi connectivity index (χ1n) is 7.30. The highest BCUT2D eigenvalue weighted by Crippen LogP contribution is 2.24. The van der Waals surface area contributed by atoms with Gasteiger partial charge in [-0.25, -0.2) is 0 Å². The van der Waals surface area contributed by atoms with Crippen LogP contribution in [-0.4, -0.2) is 37.0 Å². The minimum Gasteiger partial charge on any atom is -0.508 e. The molecule has 2 N–H and O–H groups in total. The highest BCUT2D eigenvalue weighted by Gasteiger charge is 2.13. The Hall–Kier alpha value is -2.58. The van der Waals surface area contributed by atoms with Gasteiger partial charge in [0.2, 0.25) is 11.1 Å². The number of nitrogens with zero attached hydrogens (tertiary/aromatic N) is 4. The van der Waals surface area contributed by atoms with E-state index >= 15 is 0 Å². The predicted octanol–water partition coefficient (Wildman–Crippen LogP) is 3.06. The van der Waals surface area contributed by atoms with Crippen molar-refractivity contribution in [2.24, 2.45) is 0 Å². The molecule has 9 heteroatoms. The minimum absolute atomic E-state index is 0.143. The van der Waals surface area contributed by atoms with Gasteiger partial charge in [0.15, 0.2) is 0 Å². The van der Waals surface area contributed by atoms with Crippen LogP contribution < -0.4 is 5.32 Å². The maximum absolute atomic E-state index is 12.2. The molecule has 1 aromatic heterocycles. The Bertz CT molecular complexity index is 898. The summed E-state index contributed by atoms with van der Waals surface area (Å²) in [4.78, 5) is 12.2. The van der Waals surface area contributed by atoms with E-state index in [4.69, 9.17) is 11.6 Å². The molecule has 0 bridgehead atoms. The molecule has 0 unspecified atom stereocenters. The number of thioether (sulfide) groups is 1. The van der Waals surface area contributed by atoms with Crippen LogP contribution in [0.1, 0.15) is 5.56 Å². The van der Waals surface area contributed by atoms with Crippen LogP contribution in [0, 0.1) is 6.92 Å². The summed E-state index contributed by atoms with van der Waals surface area (Å²) in [7, 11) is 0. The van der Waals surface area contributed by atoms with E-state index in [1.807, 2.05) is 6.92 Å². The molecule has 2 aromatic carbocycles. The topological polar surface area (TPSA) is 92.9 Å². The molecule has 3 aromatic rings. The van der Waals surface area contributed by atoms with Gasteiger partial charge in [-0.3, -0.25) is 4.79 Å². The number of phenols is 1. The van der Waals surface area contributed by atoms with Crippen LogP contribution in [0.2, 0.25) is 5.02 Å². The third-order valence-electron chi connectivity index (χ3n) is 3.41. The lowest BCUT2D eigenvalue weighted by molar-refractivity contribution is -0.113. The fourth-order valence-electron chi connectivity index (χ4n) is 2.08. The van der Waals surface area contributed by atoms with Crippen molar-refractivity contribution in [3.05, 3.63) is 53.1 Å². The highest BCUT2D eigenvalue weighted by molar-refractivity contribution is 7.99. The van der Waals surface area contributed by atoms with Crippen LogP contribution in [0.5, 0.6) is 5.75 Å². The molecule has 25 heavy (non-hydrogen) atoms. The second kappa shape index (κ2) is 7.54. The molecule has 128 valence electrons. The van der Waals surface area contributed by atoms with E-state index in [9.17, 15) is 9.90 Å². The lowest BCUT2D eigenvalue weighted by atomic mass is 10.2. The maximum atomic E-state index is 12.2. The van der Waals surface area contributed by atoms with Crippen LogP contribution in [-0.2, 0) is 4.79 Å². The number of aromatic nitrogens is 4. The third kappa shape index (κ3) is 4.09. The van der Waals surface area contributed by atoms with Crippen LogP contribution in [0.4, 0.5) is 5.69 Å². The molecule has 0 saturated heterocycles. The summed E-state index contributed by atoms with van der Waals surface area (Å²) in [5.74, 6) is 0.114. The van der Waals surface area contributed by atoms with Crippen LogP contribution in [0.3, 0.4) is 0 Å². The number of aromatic hydroxyl groups is 1. The van der Waals surface area contributed by atoms with E-state index in [0.717, 1.165) is 5.56 Å². The monoisotopic (exact) mass is 375 g/mol. The maximum Gasteiger partial charge on any atom is 0.234 e. The number of hydrogen-bond donors (Lipinski definition) is 2. The number of carbonyl (C=O) groups excluding carboxylic acids is 1. The molecule has 1 heterocycles. The fraction of sp³-hybridized carbons (Fsp3) is 0.125. The van der Waals surface area contributed by atoms with E-state index < -0.39 is 0 Å². The lowest BCUT2D eigenvalue weighted by Crippen LogP contribution is -2.15. The zero-order valence-corrected chi connectivity index (χ0v) is 14.8. The van der Waals surface area contributed by atoms with Gasteiger partial charge in [-0.05, 0) is 59.3 Å². The number of anilines is 1. The van der Waals surface area contributed by atoms with Crippen molar-refractivity contribution in [2.45, 2.75) is 12.1 Å². The molecular weight excluding hydrogens is 362 g/mol. The van der Waals surface area contributed by atoms with Crippen molar-refractivity contribution < 1.29 is 9.90 Å². The summed E-state index contributed by atoms with van der Waals surface area (Å²) in [5.41, 5.74) is 2.18. The Balaban J connectivity index is 1.66. The molecule has 0 aliphatic carbocycles. The fourth-order valence-corrected chi connectivity index (χ4v) is 2.95. The Morgan fingerprint density at radius 2 is 2.04 bits per heavy atom. The predicted molar refractivity (Wildman–Crippen MR) is 96.4 cm³/mol. The number of hydrogen-bond acceptors (Lipinski definition) is 6. The average molecular weight is 376 g/mol. The van der Waals surface area contributed by atoms with Gasteiger partial charge in [-0.1, -0.05) is 29.4 Å². The van der Waals surface area contributed by atoms with Gasteiger partial charge < -0.3 is 10.4 Å². The molecule has 0 aliphatic heterocycles. The van der Waals surface area contributed by atoms with Crippen LogP contribution in [0.15, 0.2) is 47.6 Å². The molecule has 0 saturated carbocycles. The molecule has 0 aliphatic rings. The number of rotatable bonds is 5. The number of nitrogens with one attached hydrogen (secondary N) is 1. The first-order chi connectivity index (χ1) is 12.0. The van der Waals surface area contributed by atoms with Gasteiger partial charge in [0.05, 0.1) is 11.4 Å². The summed E-state index contributed by atoms with van der Waals surface area (Å²) in [5, 5.41) is 24.7. The van der Waals surface area contributed by atoms with E-state index in [2.05, 4.69) is 20.8 Å². The Morgan fingerprint density at radius 1 is 1.28 bits per heavy atom. The average Bonchev–Trinajstić information content (AvgIpc) is 3.06. The molecule has 3 rings (SSSR count). The Kier molecular flexibility index (Phi) is 5.20. The van der Waals surface area contributed by atoms with Crippen LogP contribution >= 0.6 is 23.4 Å². The minimum atomic E-state index is -0.185. The normalized spacial score (nSPS) is 10.6. The third-order valence-corrected chi connectivity index (χ3v) is 4.74. The van der Waals surface area contributed by atoms with Crippen molar-refractivity contribution in [3.63, 3.8) is 0 Å². The van der Waals surface area contributed by atoms with Gasteiger partial charge in [0.25, 0.3) is 0 Å². The molecule has 7 nitrogen and oxygen atoms in total. The molecule has 0 atom stereocenters. The van der Waals surface area contributed by atoms with Crippen molar-refractivity contribution in [1.29, 1.82) is 0 Å². The second-order valence-electron chi connectivity index (χ2n) is 5.14. The van der Waals surface area contributed by atoms with E-state index in [-0.39, 0.29) is 17.4 Å². The standard InChI is InChI=1S/C16H14ClN5O2S/c1-10-13(17)3-2-4-14(10)18-15(24)9-25-16-19-20-21-22(16)11-5-7-12(23)8-6-11/h2-8,23H,9H2,1H3,(H,18,24). The summed E-state index contributed by atoms with van der Waals surface area (Å²) < 4.78 is 1.50. The number of tetrazole rings is 1. The zero-order chi connectivity index (χ0) is 17.8. The van der Waals surface area contributed by atoms with E-state index in [0.29, 0.717) is 21.6 Å². The molecule has 0 fully saturated rings. The van der Waals surface area contributed by atoms with Gasteiger partial charge in [0.1, 0.15) is 5.75 Å². The number of amides is 1. The SMILES string of the molecule is Cc1c(Cl)cccc1NC(=O)CSc1nnnn1-c1ccc(O)cc1. The van der Waals surface area contributed by atoms with Crippen molar-refractivity contribution in [3.8, 4) is 11.4 Å². The number of benzene rings is 2. The summed E-state index contributed by atoms with van der Waals surface area (Å²) in [6.45, 7) is 1.84. The molecule has 0 spiro atoms. The second-order valence-corrected chi connectivity index (χ2v) is 6.49. The smallest absolute Gasteiger partial charge is 0.234 e. The number of carbonyl (C=O) groups is 1. The van der Waals surface area contributed by atoms with E-state index in [1.54, 1.807) is 42.5 Å². The summed E-state index contributed by atoms with van der Waals surface area (Å²) in [6, 6.07) is 11.8. The van der Waals surface area contributed by atoms with Gasteiger partial charge in [0, 0.05) is 10.7 Å². The highest BCUT2D eigenvalue weighted by atomic mass is 35.5. The first-order valence-corrected chi connectivity index (χ1v) is 8.66. The van der Waals surface area contributed by atoms with Crippen molar-refractivity contribution in [1.82, 2.24) is 20.2 Å². The molecular formula is C16H14ClN5O2S.